The van der Waals surface area contributed by atoms with E-state index < -0.39 is 0 Å². The number of nitrogens with zero attached hydrogens (tertiary/aromatic N) is 2. The summed E-state index contributed by atoms with van der Waals surface area (Å²) in [4.78, 5) is 0. The smallest absolute Gasteiger partial charge is 0.0757 e. The first-order valence-corrected chi connectivity index (χ1v) is 4.13. The first-order valence-electron chi connectivity index (χ1n) is 4.13. The lowest BCUT2D eigenvalue weighted by Crippen LogP contribution is -2.04. The first-order chi connectivity index (χ1) is 6.36. The molecule has 1 atom stereocenters. The second-order valence-corrected chi connectivity index (χ2v) is 2.86. The molecule has 0 bridgehead atoms. The van der Waals surface area contributed by atoms with Crippen LogP contribution in [0.5, 0.6) is 0 Å². The summed E-state index contributed by atoms with van der Waals surface area (Å²) in [5.74, 6) is -0.167. The highest BCUT2D eigenvalue weighted by Gasteiger charge is 2.06. The fraction of sp³-hybridized carbons (Fsp3) is 0.300. The van der Waals surface area contributed by atoms with Crippen LogP contribution in [0.25, 0.3) is 0 Å². The van der Waals surface area contributed by atoms with Crippen LogP contribution in [0.2, 0.25) is 0 Å². The van der Waals surface area contributed by atoms with Gasteiger partial charge in [0.1, 0.15) is 0 Å². The van der Waals surface area contributed by atoms with Crippen LogP contribution in [0.4, 0.5) is 0 Å². The highest BCUT2D eigenvalue weighted by Crippen LogP contribution is 2.07. The van der Waals surface area contributed by atoms with Crippen LogP contribution in [-0.4, -0.2) is 6.54 Å². The van der Waals surface area contributed by atoms with Gasteiger partial charge in [-0.15, -0.1) is 0 Å². The van der Waals surface area contributed by atoms with Crippen molar-refractivity contribution in [2.24, 2.45) is 11.0 Å². The number of nitrogens with one attached hydrogen (secondary N) is 1. The fourth-order valence-corrected chi connectivity index (χ4v) is 1.16. The predicted molar refractivity (Wildman–Crippen MR) is 49.3 cm³/mol. The number of nitriles is 1. The Morgan fingerprint density at radius 1 is 1.38 bits per heavy atom. The molecule has 0 aliphatic rings. The Morgan fingerprint density at radius 3 is 2.62 bits per heavy atom. The number of benzene rings is 1. The summed E-state index contributed by atoms with van der Waals surface area (Å²) in [6, 6.07) is 11.9. The summed E-state index contributed by atoms with van der Waals surface area (Å²) < 4.78 is 0. The van der Waals surface area contributed by atoms with Crippen molar-refractivity contribution in [3.63, 3.8) is 0 Å². The molecule has 1 aromatic carbocycles. The number of rotatable bonds is 4. The van der Waals surface area contributed by atoms with E-state index >= 15 is 0 Å². The molecule has 3 nitrogen and oxygen atoms in total. The fourth-order valence-electron chi connectivity index (χ4n) is 1.16. The third kappa shape index (κ3) is 3.04. The Labute approximate surface area is 77.5 Å². The molecule has 0 heterocycles. The van der Waals surface area contributed by atoms with Crippen LogP contribution in [-0.2, 0) is 6.42 Å². The second-order valence-electron chi connectivity index (χ2n) is 2.86. The summed E-state index contributed by atoms with van der Waals surface area (Å²) in [7, 11) is 0. The molecule has 0 aromatic heterocycles. The van der Waals surface area contributed by atoms with Crippen LogP contribution in [0.15, 0.2) is 35.4 Å². The van der Waals surface area contributed by atoms with Crippen LogP contribution in [0, 0.1) is 22.8 Å². The highest BCUT2D eigenvalue weighted by atomic mass is 14.9. The minimum atomic E-state index is -0.167. The molecule has 0 radical (unpaired) electrons. The number of hydrogen-bond donors (Lipinski definition) is 1. The van der Waals surface area contributed by atoms with Crippen LogP contribution < -0.4 is 0 Å². The predicted octanol–water partition coefficient (Wildman–Crippen LogP) is 2.40. The Hall–Kier alpha value is -1.69. The lowest BCUT2D eigenvalue weighted by atomic mass is 10.0. The van der Waals surface area contributed by atoms with Crippen LogP contribution >= 0.6 is 0 Å². The molecule has 0 fully saturated rings. The van der Waals surface area contributed by atoms with Crippen molar-refractivity contribution in [2.75, 3.05) is 6.54 Å². The molecule has 0 saturated carbocycles. The number of hydrogen-bond acceptors (Lipinski definition) is 3. The van der Waals surface area contributed by atoms with E-state index in [4.69, 9.17) is 10.8 Å². The van der Waals surface area contributed by atoms with Gasteiger partial charge in [-0.25, -0.2) is 5.53 Å². The Morgan fingerprint density at radius 2 is 2.08 bits per heavy atom. The molecular formula is C10H11N3. The van der Waals surface area contributed by atoms with Gasteiger partial charge >= 0.3 is 0 Å². The van der Waals surface area contributed by atoms with E-state index in [0.29, 0.717) is 13.0 Å². The zero-order chi connectivity index (χ0) is 9.52. The lowest BCUT2D eigenvalue weighted by Gasteiger charge is -2.04. The van der Waals surface area contributed by atoms with E-state index in [1.54, 1.807) is 0 Å². The van der Waals surface area contributed by atoms with E-state index in [0.717, 1.165) is 5.56 Å². The van der Waals surface area contributed by atoms with Crippen molar-refractivity contribution in [1.82, 2.24) is 0 Å². The summed E-state index contributed by atoms with van der Waals surface area (Å²) in [6.07, 6.45) is 0.680. The minimum absolute atomic E-state index is 0.167. The van der Waals surface area contributed by atoms with Crippen LogP contribution in [0.1, 0.15) is 5.56 Å². The van der Waals surface area contributed by atoms with Crippen molar-refractivity contribution >= 4 is 0 Å². The van der Waals surface area contributed by atoms with Gasteiger partial charge in [0.05, 0.1) is 18.5 Å². The standard InChI is InChI=1S/C10H11N3/c11-7-10(8-13-12)6-9-4-2-1-3-5-9/h1-5,10,12H,6,8H2. The second kappa shape index (κ2) is 5.04. The molecule has 13 heavy (non-hydrogen) atoms. The van der Waals surface area contributed by atoms with Gasteiger partial charge in [-0.2, -0.15) is 10.4 Å². The molecule has 1 N–H and O–H groups in total. The molecule has 0 aliphatic heterocycles. The van der Waals surface area contributed by atoms with E-state index in [-0.39, 0.29) is 5.92 Å². The van der Waals surface area contributed by atoms with Gasteiger partial charge in [-0.3, -0.25) is 0 Å². The quantitative estimate of drug-likeness (QED) is 0.698. The summed E-state index contributed by atoms with van der Waals surface area (Å²) in [6.45, 7) is 0.297. The zero-order valence-electron chi connectivity index (χ0n) is 7.27. The van der Waals surface area contributed by atoms with Gasteiger partial charge in [0.2, 0.25) is 0 Å². The van der Waals surface area contributed by atoms with Crippen molar-refractivity contribution in [2.45, 2.75) is 6.42 Å². The van der Waals surface area contributed by atoms with Crippen molar-refractivity contribution in [3.05, 3.63) is 35.9 Å². The third-order valence-corrected chi connectivity index (χ3v) is 1.82. The zero-order valence-corrected chi connectivity index (χ0v) is 7.27. The monoisotopic (exact) mass is 173 g/mol. The summed E-state index contributed by atoms with van der Waals surface area (Å²) >= 11 is 0. The molecular weight excluding hydrogens is 162 g/mol. The van der Waals surface area contributed by atoms with Gasteiger partial charge in [0, 0.05) is 0 Å². The maximum Gasteiger partial charge on any atom is 0.0757 e. The molecule has 66 valence electrons. The van der Waals surface area contributed by atoms with Gasteiger partial charge in [0.25, 0.3) is 0 Å². The molecule has 0 saturated heterocycles. The van der Waals surface area contributed by atoms with Crippen molar-refractivity contribution < 1.29 is 0 Å². The Kier molecular flexibility index (Phi) is 3.65. The molecule has 1 rings (SSSR count). The maximum absolute atomic E-state index is 8.73. The molecule has 1 unspecified atom stereocenters. The molecule has 0 amide bonds. The van der Waals surface area contributed by atoms with E-state index in [9.17, 15) is 0 Å². The average Bonchev–Trinajstić information content (AvgIpc) is 2.19. The van der Waals surface area contributed by atoms with E-state index in [1.807, 2.05) is 30.3 Å². The van der Waals surface area contributed by atoms with Crippen LogP contribution in [0.3, 0.4) is 0 Å². The largest absolute Gasteiger partial charge is 0.210 e. The van der Waals surface area contributed by atoms with E-state index in [1.165, 1.54) is 0 Å². The minimum Gasteiger partial charge on any atom is -0.210 e. The Bertz CT molecular complexity index is 300. The molecule has 0 aliphatic carbocycles. The normalized spacial score (nSPS) is 11.6. The lowest BCUT2D eigenvalue weighted by molar-refractivity contribution is 0.647. The topological polar surface area (TPSA) is 60.0 Å². The Balaban J connectivity index is 2.58. The van der Waals surface area contributed by atoms with E-state index in [2.05, 4.69) is 11.2 Å². The van der Waals surface area contributed by atoms with Gasteiger partial charge in [-0.1, -0.05) is 30.3 Å². The van der Waals surface area contributed by atoms with Crippen molar-refractivity contribution in [3.8, 4) is 6.07 Å². The summed E-state index contributed by atoms with van der Waals surface area (Å²) in [5.41, 5.74) is 7.80. The average molecular weight is 173 g/mol. The third-order valence-electron chi connectivity index (χ3n) is 1.82. The molecule has 0 spiro atoms. The first kappa shape index (κ1) is 9.40. The van der Waals surface area contributed by atoms with Gasteiger partial charge in [0.15, 0.2) is 0 Å². The maximum atomic E-state index is 8.73. The van der Waals surface area contributed by atoms with Crippen molar-refractivity contribution in [1.29, 1.82) is 10.8 Å². The molecule has 1 aromatic rings. The summed E-state index contributed by atoms with van der Waals surface area (Å²) in [5, 5.41) is 12.0. The molecule has 3 heteroatoms. The van der Waals surface area contributed by atoms with Gasteiger partial charge < -0.3 is 0 Å². The highest BCUT2D eigenvalue weighted by molar-refractivity contribution is 5.16. The SMILES string of the molecule is N#CC(CN=N)Cc1ccccc1. The van der Waals surface area contributed by atoms with Gasteiger partial charge in [-0.05, 0) is 12.0 Å².